The Kier molecular flexibility index (Phi) is 25.4. The number of unbranched alkanes of at least 4 members (excludes halogenated alkanes) is 13. The molecule has 23 heavy (non-hydrogen) atoms. The van der Waals surface area contributed by atoms with Crippen LogP contribution in [0.25, 0.3) is 0 Å². The van der Waals surface area contributed by atoms with E-state index in [1.165, 1.54) is 70.6 Å². The zero-order valence-corrected chi connectivity index (χ0v) is 15.8. The first-order chi connectivity index (χ1) is 11.2. The van der Waals surface area contributed by atoms with Gasteiger partial charge in [0.25, 0.3) is 0 Å². The first-order valence-corrected chi connectivity index (χ1v) is 10.0. The molecule has 0 aliphatic carbocycles. The maximum atomic E-state index is 10.3. The fourth-order valence-electron chi connectivity index (χ4n) is 2.45. The van der Waals surface area contributed by atoms with Crippen molar-refractivity contribution in [1.29, 1.82) is 0 Å². The van der Waals surface area contributed by atoms with Gasteiger partial charge in [-0.2, -0.15) is 0 Å². The van der Waals surface area contributed by atoms with Crippen LogP contribution in [0, 0.1) is 0 Å². The molecule has 0 unspecified atom stereocenters. The number of hydrogen-bond acceptors (Lipinski definition) is 2. The molecule has 0 atom stereocenters. The van der Waals surface area contributed by atoms with Gasteiger partial charge in [-0.3, -0.25) is 4.79 Å². The molecule has 0 saturated heterocycles. The number of hydrogen-bond donors (Lipinski definition) is 2. The highest BCUT2D eigenvalue weighted by Crippen LogP contribution is 2.12. The molecule has 0 spiro atoms. The molecule has 0 aromatic heterocycles. The van der Waals surface area contributed by atoms with Crippen LogP contribution in [0.3, 0.4) is 0 Å². The van der Waals surface area contributed by atoms with Crippen molar-refractivity contribution < 1.29 is 15.0 Å². The van der Waals surface area contributed by atoms with Crippen molar-refractivity contribution >= 4 is 5.97 Å². The molecule has 0 aromatic carbocycles. The van der Waals surface area contributed by atoms with Crippen LogP contribution in [-0.2, 0) is 4.79 Å². The third-order valence-electron chi connectivity index (χ3n) is 4.01. The van der Waals surface area contributed by atoms with Crippen molar-refractivity contribution in [2.45, 2.75) is 117 Å². The van der Waals surface area contributed by atoms with Crippen molar-refractivity contribution in [1.82, 2.24) is 0 Å². The van der Waals surface area contributed by atoms with Crippen LogP contribution in [0.4, 0.5) is 0 Å². The maximum Gasteiger partial charge on any atom is 0.303 e. The van der Waals surface area contributed by atoms with Crippen LogP contribution in [0.15, 0.2) is 0 Å². The van der Waals surface area contributed by atoms with Gasteiger partial charge in [-0.25, -0.2) is 0 Å². The van der Waals surface area contributed by atoms with Crippen molar-refractivity contribution in [3.8, 4) is 0 Å². The summed E-state index contributed by atoms with van der Waals surface area (Å²) in [6.45, 7) is 4.66. The summed E-state index contributed by atoms with van der Waals surface area (Å²) < 4.78 is 0. The molecular weight excluding hydrogens is 288 g/mol. The Morgan fingerprint density at radius 1 is 0.609 bits per heavy atom. The zero-order chi connectivity index (χ0) is 17.6. The molecule has 140 valence electrons. The molecule has 3 heteroatoms. The van der Waals surface area contributed by atoms with Gasteiger partial charge in [-0.05, 0) is 12.8 Å². The van der Waals surface area contributed by atoms with Crippen molar-refractivity contribution in [3.63, 3.8) is 0 Å². The Morgan fingerprint density at radius 3 is 1.22 bits per heavy atom. The third kappa shape index (κ3) is 30.0. The van der Waals surface area contributed by atoms with Gasteiger partial charge in [0.05, 0.1) is 0 Å². The summed E-state index contributed by atoms with van der Waals surface area (Å²) in [7, 11) is 0. The monoisotopic (exact) mass is 330 g/mol. The molecule has 0 fully saturated rings. The van der Waals surface area contributed by atoms with Crippen molar-refractivity contribution in [2.75, 3.05) is 6.61 Å². The number of aliphatic hydroxyl groups is 1. The molecule has 0 aliphatic rings. The number of carboxylic acid groups (broad SMARTS) is 1. The highest BCUT2D eigenvalue weighted by Gasteiger charge is 1.96. The Balaban J connectivity index is 0. The second kappa shape index (κ2) is 23.7. The Bertz CT molecular complexity index is 215. The van der Waals surface area contributed by atoms with E-state index < -0.39 is 5.97 Å². The van der Waals surface area contributed by atoms with Crippen LogP contribution < -0.4 is 0 Å². The van der Waals surface area contributed by atoms with Gasteiger partial charge < -0.3 is 10.2 Å². The number of rotatable bonds is 16. The van der Waals surface area contributed by atoms with Crippen LogP contribution in [-0.4, -0.2) is 22.8 Å². The topological polar surface area (TPSA) is 57.5 Å². The van der Waals surface area contributed by atoms with Gasteiger partial charge in [-0.15, -0.1) is 0 Å². The minimum Gasteiger partial charge on any atom is -0.481 e. The number of aliphatic carboxylic acids is 1. The van der Waals surface area contributed by atoms with Gasteiger partial charge in [0.1, 0.15) is 0 Å². The average Bonchev–Trinajstić information content (AvgIpc) is 2.53. The quantitative estimate of drug-likeness (QED) is 0.325. The van der Waals surface area contributed by atoms with Crippen LogP contribution in [0.2, 0.25) is 0 Å². The molecule has 0 bridgehead atoms. The highest BCUT2D eigenvalue weighted by molar-refractivity contribution is 5.66. The number of carboxylic acids is 1. The minimum atomic E-state index is -0.655. The predicted octanol–water partition coefficient (Wildman–Crippen LogP) is 6.33. The first kappa shape index (κ1) is 24.7. The molecule has 0 heterocycles. The fraction of sp³-hybridized carbons (Fsp3) is 0.950. The summed E-state index contributed by atoms with van der Waals surface area (Å²) in [6.07, 6.45) is 19.3. The van der Waals surface area contributed by atoms with Crippen molar-refractivity contribution in [3.05, 3.63) is 0 Å². The normalized spacial score (nSPS) is 10.2. The van der Waals surface area contributed by atoms with Gasteiger partial charge in [0, 0.05) is 13.0 Å². The van der Waals surface area contributed by atoms with Crippen LogP contribution in [0.5, 0.6) is 0 Å². The number of carbonyl (C=O) groups is 1. The van der Waals surface area contributed by atoms with E-state index in [0.29, 0.717) is 13.0 Å². The van der Waals surface area contributed by atoms with E-state index in [1.54, 1.807) is 0 Å². The van der Waals surface area contributed by atoms with E-state index in [0.717, 1.165) is 25.7 Å². The van der Waals surface area contributed by atoms with E-state index in [1.807, 2.05) is 0 Å². The lowest BCUT2D eigenvalue weighted by molar-refractivity contribution is -0.137. The summed E-state index contributed by atoms with van der Waals surface area (Å²) in [5.41, 5.74) is 0. The molecule has 0 aliphatic heterocycles. The smallest absolute Gasteiger partial charge is 0.303 e. The van der Waals surface area contributed by atoms with E-state index in [2.05, 4.69) is 13.8 Å². The second-order valence-corrected chi connectivity index (χ2v) is 6.46. The molecule has 0 saturated carbocycles. The number of aliphatic hydroxyl groups excluding tert-OH is 1. The lowest BCUT2D eigenvalue weighted by Gasteiger charge is -2.02. The molecule has 0 radical (unpaired) electrons. The summed E-state index contributed by atoms with van der Waals surface area (Å²) in [4.78, 5) is 10.3. The molecule has 0 rings (SSSR count). The highest BCUT2D eigenvalue weighted by atomic mass is 16.4. The van der Waals surface area contributed by atoms with Gasteiger partial charge in [-0.1, -0.05) is 97.3 Å². The third-order valence-corrected chi connectivity index (χ3v) is 4.01. The fourth-order valence-corrected chi connectivity index (χ4v) is 2.45. The van der Waals surface area contributed by atoms with Gasteiger partial charge >= 0.3 is 5.97 Å². The standard InChI is InChI=1S/C16H32O2.C4H10O/c1-2-3-4-5-6-7-8-9-10-11-12-13-14-15-16(17)18;1-2-3-4-5/h2-15H2,1H3,(H,17,18);5H,2-4H2,1H3. The Morgan fingerprint density at radius 2 is 0.957 bits per heavy atom. The van der Waals surface area contributed by atoms with E-state index in [4.69, 9.17) is 10.2 Å². The van der Waals surface area contributed by atoms with Crippen LogP contribution >= 0.6 is 0 Å². The molecule has 0 aromatic rings. The SMILES string of the molecule is CCCCCCCCCCCCCCCC(=O)O.CCCCO. The largest absolute Gasteiger partial charge is 0.481 e. The molecule has 3 nitrogen and oxygen atoms in total. The lowest BCUT2D eigenvalue weighted by Crippen LogP contribution is -1.93. The first-order valence-electron chi connectivity index (χ1n) is 10.0. The molecule has 0 amide bonds. The molecular formula is C20H42O3. The summed E-state index contributed by atoms with van der Waals surface area (Å²) in [5, 5.41) is 16.6. The average molecular weight is 331 g/mol. The summed E-state index contributed by atoms with van der Waals surface area (Å²) in [6, 6.07) is 0. The van der Waals surface area contributed by atoms with Gasteiger partial charge in [0.2, 0.25) is 0 Å². The van der Waals surface area contributed by atoms with E-state index in [9.17, 15) is 4.79 Å². The Hall–Kier alpha value is -0.570. The van der Waals surface area contributed by atoms with Gasteiger partial charge in [0.15, 0.2) is 0 Å². The summed E-state index contributed by atoms with van der Waals surface area (Å²) >= 11 is 0. The second-order valence-electron chi connectivity index (χ2n) is 6.46. The summed E-state index contributed by atoms with van der Waals surface area (Å²) in [5.74, 6) is -0.655. The lowest BCUT2D eigenvalue weighted by atomic mass is 10.0. The van der Waals surface area contributed by atoms with Crippen LogP contribution in [0.1, 0.15) is 117 Å². The van der Waals surface area contributed by atoms with E-state index in [-0.39, 0.29) is 0 Å². The molecule has 2 N–H and O–H groups in total. The maximum absolute atomic E-state index is 10.3. The zero-order valence-electron chi connectivity index (χ0n) is 15.8. The minimum absolute atomic E-state index is 0.344. The van der Waals surface area contributed by atoms with Crippen molar-refractivity contribution in [2.24, 2.45) is 0 Å². The predicted molar refractivity (Wildman–Crippen MR) is 99.9 cm³/mol. The Labute approximate surface area is 144 Å². The van der Waals surface area contributed by atoms with E-state index >= 15 is 0 Å².